The Balaban J connectivity index is 1.29. The maximum absolute atomic E-state index is 5.70. The zero-order chi connectivity index (χ0) is 22.6. The fourth-order valence-corrected chi connectivity index (χ4v) is 4.32. The Hall–Kier alpha value is -3.58. The Kier molecular flexibility index (Phi) is 6.13. The number of piperazine rings is 1. The smallest absolute Gasteiger partial charge is 0.145 e. The molecule has 0 atom stereocenters. The van der Waals surface area contributed by atoms with E-state index < -0.39 is 0 Å². The summed E-state index contributed by atoms with van der Waals surface area (Å²) >= 11 is 0. The predicted octanol–water partition coefficient (Wildman–Crippen LogP) is 4.47. The summed E-state index contributed by atoms with van der Waals surface area (Å²) in [5.41, 5.74) is 2.11. The van der Waals surface area contributed by atoms with Crippen molar-refractivity contribution in [2.75, 3.05) is 43.5 Å². The van der Waals surface area contributed by atoms with Crippen molar-refractivity contribution in [2.24, 2.45) is 0 Å². The molecule has 0 unspecified atom stereocenters. The van der Waals surface area contributed by atoms with Crippen LogP contribution in [0, 0.1) is 6.92 Å². The molecule has 4 aromatic rings. The van der Waals surface area contributed by atoms with Crippen molar-refractivity contribution in [1.82, 2.24) is 14.9 Å². The number of para-hydroxylation sites is 3. The minimum absolute atomic E-state index is 0.589. The molecular weight excluding hydrogens is 414 g/mol. The van der Waals surface area contributed by atoms with Gasteiger partial charge in [0.2, 0.25) is 0 Å². The van der Waals surface area contributed by atoms with Crippen molar-refractivity contribution in [3.05, 3.63) is 78.0 Å². The van der Waals surface area contributed by atoms with Gasteiger partial charge in [0.05, 0.1) is 31.4 Å². The molecule has 0 bridgehead atoms. The third-order valence-electron chi connectivity index (χ3n) is 6.04. The highest BCUT2D eigenvalue weighted by atomic mass is 16.5. The zero-order valence-electron chi connectivity index (χ0n) is 19.1. The predicted molar refractivity (Wildman–Crippen MR) is 131 cm³/mol. The van der Waals surface area contributed by atoms with E-state index in [0.29, 0.717) is 6.54 Å². The van der Waals surface area contributed by atoms with E-state index in [-0.39, 0.29) is 0 Å². The minimum Gasteiger partial charge on any atom is -0.495 e. The molecule has 1 saturated heterocycles. The van der Waals surface area contributed by atoms with E-state index in [4.69, 9.17) is 19.1 Å². The number of rotatable bonds is 7. The second-order valence-electron chi connectivity index (χ2n) is 8.31. The van der Waals surface area contributed by atoms with Crippen LogP contribution in [-0.2, 0) is 13.1 Å². The molecule has 5 rings (SSSR count). The molecule has 0 spiro atoms. The molecule has 3 heterocycles. The Morgan fingerprint density at radius 3 is 2.52 bits per heavy atom. The summed E-state index contributed by atoms with van der Waals surface area (Å²) in [4.78, 5) is 14.5. The molecule has 2 aromatic heterocycles. The third kappa shape index (κ3) is 4.78. The molecule has 170 valence electrons. The van der Waals surface area contributed by atoms with Gasteiger partial charge in [-0.3, -0.25) is 4.90 Å². The van der Waals surface area contributed by atoms with Gasteiger partial charge in [0.1, 0.15) is 28.9 Å². The number of aryl methyl sites for hydroxylation is 1. The normalized spacial score (nSPS) is 14.5. The van der Waals surface area contributed by atoms with E-state index in [9.17, 15) is 0 Å². The van der Waals surface area contributed by atoms with Gasteiger partial charge in [0.25, 0.3) is 0 Å². The second kappa shape index (κ2) is 9.50. The van der Waals surface area contributed by atoms with E-state index in [1.807, 2.05) is 49.4 Å². The largest absolute Gasteiger partial charge is 0.495 e. The molecular formula is C26H29N5O2. The van der Waals surface area contributed by atoms with E-state index in [2.05, 4.69) is 33.3 Å². The second-order valence-corrected chi connectivity index (χ2v) is 8.31. The van der Waals surface area contributed by atoms with Gasteiger partial charge >= 0.3 is 0 Å². The highest BCUT2D eigenvalue weighted by Gasteiger charge is 2.21. The molecule has 33 heavy (non-hydrogen) atoms. The number of hydrogen-bond donors (Lipinski definition) is 1. The number of hydrogen-bond acceptors (Lipinski definition) is 7. The Labute approximate surface area is 194 Å². The summed E-state index contributed by atoms with van der Waals surface area (Å²) in [6.07, 6.45) is 0. The van der Waals surface area contributed by atoms with Crippen LogP contribution in [0.1, 0.15) is 17.3 Å². The molecule has 1 N–H and O–H groups in total. The number of furan rings is 1. The number of nitrogens with one attached hydrogen (secondary N) is 1. The van der Waals surface area contributed by atoms with Crippen molar-refractivity contribution in [2.45, 2.75) is 20.0 Å². The average molecular weight is 444 g/mol. The average Bonchev–Trinajstić information content (AvgIpc) is 3.28. The maximum Gasteiger partial charge on any atom is 0.145 e. The van der Waals surface area contributed by atoms with E-state index >= 15 is 0 Å². The number of aromatic nitrogens is 2. The SMILES string of the molecule is COc1ccccc1N1CCN(Cc2nc(NCc3ccc(C)o3)c3ccccc3n2)CC1. The Morgan fingerprint density at radius 1 is 0.939 bits per heavy atom. The first kappa shape index (κ1) is 21.3. The number of methoxy groups -OCH3 is 1. The van der Waals surface area contributed by atoms with Crippen LogP contribution < -0.4 is 15.0 Å². The molecule has 0 amide bonds. The van der Waals surface area contributed by atoms with Crippen molar-refractivity contribution in [3.8, 4) is 5.75 Å². The molecule has 0 radical (unpaired) electrons. The zero-order valence-corrected chi connectivity index (χ0v) is 19.1. The quantitative estimate of drug-likeness (QED) is 0.452. The Bertz CT molecular complexity index is 1230. The molecule has 0 aliphatic carbocycles. The number of benzene rings is 2. The number of fused-ring (bicyclic) bond motifs is 1. The summed E-state index contributed by atoms with van der Waals surface area (Å²) in [7, 11) is 1.73. The summed E-state index contributed by atoms with van der Waals surface area (Å²) < 4.78 is 11.2. The van der Waals surface area contributed by atoms with Crippen molar-refractivity contribution in [1.29, 1.82) is 0 Å². The standard InChI is InChI=1S/C26H29N5O2/c1-19-11-12-20(33-19)17-27-26-21-7-3-4-8-22(21)28-25(29-26)18-30-13-15-31(16-14-30)23-9-5-6-10-24(23)32-2/h3-12H,13-18H2,1-2H3,(H,27,28,29). The van der Waals surface area contributed by atoms with E-state index in [1.165, 1.54) is 0 Å². The van der Waals surface area contributed by atoms with Crippen molar-refractivity contribution < 1.29 is 9.15 Å². The first-order chi connectivity index (χ1) is 16.2. The third-order valence-corrected chi connectivity index (χ3v) is 6.04. The first-order valence-corrected chi connectivity index (χ1v) is 11.3. The highest BCUT2D eigenvalue weighted by molar-refractivity contribution is 5.88. The van der Waals surface area contributed by atoms with Gasteiger partial charge in [-0.15, -0.1) is 0 Å². The molecule has 7 nitrogen and oxygen atoms in total. The van der Waals surface area contributed by atoms with Gasteiger partial charge in [-0.05, 0) is 43.3 Å². The van der Waals surface area contributed by atoms with Crippen LogP contribution in [0.3, 0.4) is 0 Å². The molecule has 1 aliphatic rings. The van der Waals surface area contributed by atoms with Gasteiger partial charge in [-0.1, -0.05) is 24.3 Å². The lowest BCUT2D eigenvalue weighted by Gasteiger charge is -2.36. The van der Waals surface area contributed by atoms with Crippen LogP contribution in [0.15, 0.2) is 65.1 Å². The number of ether oxygens (including phenoxy) is 1. The fourth-order valence-electron chi connectivity index (χ4n) is 4.32. The van der Waals surface area contributed by atoms with E-state index in [0.717, 1.165) is 78.2 Å². The first-order valence-electron chi connectivity index (χ1n) is 11.3. The highest BCUT2D eigenvalue weighted by Crippen LogP contribution is 2.28. The van der Waals surface area contributed by atoms with Crippen LogP contribution in [0.25, 0.3) is 10.9 Å². The van der Waals surface area contributed by atoms with Gasteiger partial charge in [-0.25, -0.2) is 9.97 Å². The number of nitrogens with zero attached hydrogens (tertiary/aromatic N) is 4. The lowest BCUT2D eigenvalue weighted by atomic mass is 10.2. The van der Waals surface area contributed by atoms with Crippen LogP contribution in [0.4, 0.5) is 11.5 Å². The van der Waals surface area contributed by atoms with Crippen LogP contribution in [-0.4, -0.2) is 48.2 Å². The topological polar surface area (TPSA) is 66.7 Å². The fraction of sp³-hybridized carbons (Fsp3) is 0.308. The molecule has 2 aromatic carbocycles. The van der Waals surface area contributed by atoms with Gasteiger partial charge in [0, 0.05) is 31.6 Å². The molecule has 1 aliphatic heterocycles. The summed E-state index contributed by atoms with van der Waals surface area (Å²) in [5, 5.41) is 4.47. The maximum atomic E-state index is 5.70. The summed E-state index contributed by atoms with van der Waals surface area (Å²) in [6, 6.07) is 20.3. The van der Waals surface area contributed by atoms with Crippen LogP contribution in [0.2, 0.25) is 0 Å². The molecule has 0 saturated carbocycles. The Morgan fingerprint density at radius 2 is 1.73 bits per heavy atom. The van der Waals surface area contributed by atoms with Crippen LogP contribution in [0.5, 0.6) is 5.75 Å². The minimum atomic E-state index is 0.589. The monoisotopic (exact) mass is 443 g/mol. The lowest BCUT2D eigenvalue weighted by Crippen LogP contribution is -2.46. The molecule has 7 heteroatoms. The van der Waals surface area contributed by atoms with Gasteiger partial charge in [-0.2, -0.15) is 0 Å². The van der Waals surface area contributed by atoms with Gasteiger partial charge in [0.15, 0.2) is 0 Å². The summed E-state index contributed by atoms with van der Waals surface area (Å²) in [5.74, 6) is 4.40. The lowest BCUT2D eigenvalue weighted by molar-refractivity contribution is 0.243. The van der Waals surface area contributed by atoms with E-state index in [1.54, 1.807) is 7.11 Å². The van der Waals surface area contributed by atoms with Crippen molar-refractivity contribution in [3.63, 3.8) is 0 Å². The van der Waals surface area contributed by atoms with Gasteiger partial charge < -0.3 is 19.4 Å². The molecule has 1 fully saturated rings. The van der Waals surface area contributed by atoms with Crippen molar-refractivity contribution >= 4 is 22.4 Å². The summed E-state index contributed by atoms with van der Waals surface area (Å²) in [6.45, 7) is 7.04. The number of anilines is 2. The van der Waals surface area contributed by atoms with Crippen LogP contribution >= 0.6 is 0 Å².